The molecule has 1 saturated heterocycles. The molecule has 1 fully saturated rings. The second-order valence-electron chi connectivity index (χ2n) is 6.35. The van der Waals surface area contributed by atoms with Crippen molar-refractivity contribution in [2.45, 2.75) is 18.6 Å². The van der Waals surface area contributed by atoms with Gasteiger partial charge in [0.1, 0.15) is 5.69 Å². The third kappa shape index (κ3) is 3.22. The average Bonchev–Trinajstić information content (AvgIpc) is 3.15. The number of fused-ring (bicyclic) bond motifs is 1. The Kier molecular flexibility index (Phi) is 4.24. The van der Waals surface area contributed by atoms with E-state index in [9.17, 15) is 13.2 Å². The molecule has 0 amide bonds. The average molecular weight is 358 g/mol. The Morgan fingerprint density at radius 3 is 2.35 bits per heavy atom. The number of hydrogen-bond donors (Lipinski definition) is 2. The maximum Gasteiger partial charge on any atom is 0.416 e. The summed E-state index contributed by atoms with van der Waals surface area (Å²) in [5, 5.41) is 17.1. The van der Waals surface area contributed by atoms with E-state index in [0.29, 0.717) is 23.1 Å². The van der Waals surface area contributed by atoms with Crippen LogP contribution in [0.15, 0.2) is 48.5 Å². The van der Waals surface area contributed by atoms with E-state index in [0.717, 1.165) is 42.4 Å². The van der Waals surface area contributed by atoms with E-state index in [1.165, 1.54) is 12.1 Å². The molecule has 0 radical (unpaired) electrons. The number of alkyl halides is 3. The number of hydrogen-bond acceptors (Lipinski definition) is 4. The van der Waals surface area contributed by atoms with Gasteiger partial charge in [-0.2, -0.15) is 13.2 Å². The van der Waals surface area contributed by atoms with Gasteiger partial charge in [-0.15, -0.1) is 10.2 Å². The summed E-state index contributed by atoms with van der Waals surface area (Å²) < 4.78 is 38.3. The standard InChI is InChI=1S/C19H17F3N4/c20-19(21,22)13-7-5-12(6-8-13)17-15-3-1-2-4-16(15)18(26-25-17)24-14-9-10-23-11-14/h1-8,14,23H,9-11H2,(H,24,26). The molecule has 0 bridgehead atoms. The molecule has 4 rings (SSSR count). The largest absolute Gasteiger partial charge is 0.416 e. The molecule has 3 aromatic rings. The van der Waals surface area contributed by atoms with E-state index in [1.54, 1.807) is 0 Å². The first-order valence-electron chi connectivity index (χ1n) is 8.43. The van der Waals surface area contributed by atoms with E-state index in [2.05, 4.69) is 20.8 Å². The first-order valence-corrected chi connectivity index (χ1v) is 8.43. The number of nitrogens with zero attached hydrogens (tertiary/aromatic N) is 2. The zero-order valence-corrected chi connectivity index (χ0v) is 13.8. The van der Waals surface area contributed by atoms with Gasteiger partial charge in [0.05, 0.1) is 5.56 Å². The van der Waals surface area contributed by atoms with E-state index >= 15 is 0 Å². The lowest BCUT2D eigenvalue weighted by Crippen LogP contribution is -2.23. The summed E-state index contributed by atoms with van der Waals surface area (Å²) in [6.07, 6.45) is -3.34. The van der Waals surface area contributed by atoms with Gasteiger partial charge in [0.15, 0.2) is 5.82 Å². The first-order chi connectivity index (χ1) is 12.5. The molecule has 2 N–H and O–H groups in total. The smallest absolute Gasteiger partial charge is 0.364 e. The third-order valence-corrected chi connectivity index (χ3v) is 4.57. The van der Waals surface area contributed by atoms with Crippen LogP contribution in [0.25, 0.3) is 22.0 Å². The van der Waals surface area contributed by atoms with Crippen molar-refractivity contribution in [2.75, 3.05) is 18.4 Å². The maximum atomic E-state index is 12.8. The zero-order valence-electron chi connectivity index (χ0n) is 13.8. The molecule has 7 heteroatoms. The molecular weight excluding hydrogens is 341 g/mol. The Bertz CT molecular complexity index is 916. The molecule has 2 heterocycles. The zero-order chi connectivity index (χ0) is 18.1. The quantitative estimate of drug-likeness (QED) is 0.740. The Balaban J connectivity index is 1.74. The highest BCUT2D eigenvalue weighted by molar-refractivity contribution is 6.00. The minimum absolute atomic E-state index is 0.296. The normalized spacial score (nSPS) is 17.6. The predicted molar refractivity (Wildman–Crippen MR) is 94.9 cm³/mol. The lowest BCUT2D eigenvalue weighted by Gasteiger charge is -2.15. The van der Waals surface area contributed by atoms with Gasteiger partial charge in [-0.25, -0.2) is 0 Å². The topological polar surface area (TPSA) is 49.8 Å². The van der Waals surface area contributed by atoms with Gasteiger partial charge >= 0.3 is 6.18 Å². The van der Waals surface area contributed by atoms with Crippen LogP contribution in [0.3, 0.4) is 0 Å². The van der Waals surface area contributed by atoms with Crippen LogP contribution < -0.4 is 10.6 Å². The number of aromatic nitrogens is 2. The molecule has 0 saturated carbocycles. The lowest BCUT2D eigenvalue weighted by molar-refractivity contribution is -0.137. The van der Waals surface area contributed by atoms with Gasteiger partial charge in [0.2, 0.25) is 0 Å². The van der Waals surface area contributed by atoms with Gasteiger partial charge in [-0.1, -0.05) is 36.4 Å². The molecule has 1 aromatic heterocycles. The summed E-state index contributed by atoms with van der Waals surface area (Å²) in [5.74, 6) is 0.699. The summed E-state index contributed by atoms with van der Waals surface area (Å²) in [5.41, 5.74) is 0.505. The number of nitrogens with one attached hydrogen (secondary N) is 2. The van der Waals surface area contributed by atoms with Crippen LogP contribution in [-0.2, 0) is 6.18 Å². The van der Waals surface area contributed by atoms with Crippen molar-refractivity contribution in [3.63, 3.8) is 0 Å². The molecule has 4 nitrogen and oxygen atoms in total. The number of rotatable bonds is 3. The molecule has 26 heavy (non-hydrogen) atoms. The lowest BCUT2D eigenvalue weighted by atomic mass is 10.0. The number of anilines is 1. The fourth-order valence-electron chi connectivity index (χ4n) is 3.21. The summed E-state index contributed by atoms with van der Waals surface area (Å²) in [6.45, 7) is 1.84. The molecular formula is C19H17F3N4. The fraction of sp³-hybridized carbons (Fsp3) is 0.263. The summed E-state index contributed by atoms with van der Waals surface area (Å²) in [4.78, 5) is 0. The van der Waals surface area contributed by atoms with Gasteiger partial charge in [-0.3, -0.25) is 0 Å². The Labute approximate surface area is 148 Å². The fourth-order valence-corrected chi connectivity index (χ4v) is 3.21. The van der Waals surface area contributed by atoms with Gasteiger partial charge in [0.25, 0.3) is 0 Å². The monoisotopic (exact) mass is 358 g/mol. The SMILES string of the molecule is FC(F)(F)c1ccc(-c2nnc(NC3CCNC3)c3ccccc23)cc1. The summed E-state index contributed by atoms with van der Waals surface area (Å²) in [7, 11) is 0. The van der Waals surface area contributed by atoms with Crippen LogP contribution in [0.2, 0.25) is 0 Å². The number of halogens is 3. The Morgan fingerprint density at radius 2 is 1.69 bits per heavy atom. The van der Waals surface area contributed by atoms with Gasteiger partial charge in [0, 0.05) is 28.9 Å². The number of benzene rings is 2. The minimum Gasteiger partial charge on any atom is -0.364 e. The summed E-state index contributed by atoms with van der Waals surface area (Å²) in [6, 6.07) is 13.0. The van der Waals surface area contributed by atoms with Crippen molar-refractivity contribution in [3.8, 4) is 11.3 Å². The van der Waals surface area contributed by atoms with E-state index in [-0.39, 0.29) is 0 Å². The highest BCUT2D eigenvalue weighted by Gasteiger charge is 2.30. The van der Waals surface area contributed by atoms with Crippen molar-refractivity contribution in [1.29, 1.82) is 0 Å². The van der Waals surface area contributed by atoms with E-state index in [4.69, 9.17) is 0 Å². The van der Waals surface area contributed by atoms with Crippen molar-refractivity contribution >= 4 is 16.6 Å². The molecule has 1 atom stereocenters. The highest BCUT2D eigenvalue weighted by atomic mass is 19.4. The van der Waals surface area contributed by atoms with Crippen molar-refractivity contribution in [2.24, 2.45) is 0 Å². The van der Waals surface area contributed by atoms with Crippen LogP contribution in [0, 0.1) is 0 Å². The van der Waals surface area contributed by atoms with Gasteiger partial charge in [-0.05, 0) is 25.1 Å². The molecule has 134 valence electrons. The van der Waals surface area contributed by atoms with Crippen LogP contribution >= 0.6 is 0 Å². The van der Waals surface area contributed by atoms with Crippen LogP contribution in [0.4, 0.5) is 19.0 Å². The van der Waals surface area contributed by atoms with Crippen LogP contribution in [0.5, 0.6) is 0 Å². The second kappa shape index (κ2) is 6.57. The first kappa shape index (κ1) is 16.8. The highest BCUT2D eigenvalue weighted by Crippen LogP contribution is 2.33. The third-order valence-electron chi connectivity index (χ3n) is 4.57. The molecule has 1 unspecified atom stereocenters. The van der Waals surface area contributed by atoms with Crippen molar-refractivity contribution in [1.82, 2.24) is 15.5 Å². The van der Waals surface area contributed by atoms with Crippen molar-refractivity contribution < 1.29 is 13.2 Å². The molecule has 1 aliphatic heterocycles. The van der Waals surface area contributed by atoms with Crippen molar-refractivity contribution in [3.05, 3.63) is 54.1 Å². The molecule has 0 aliphatic carbocycles. The van der Waals surface area contributed by atoms with Crippen LogP contribution in [-0.4, -0.2) is 29.3 Å². The van der Waals surface area contributed by atoms with Gasteiger partial charge < -0.3 is 10.6 Å². The minimum atomic E-state index is -4.35. The Morgan fingerprint density at radius 1 is 0.962 bits per heavy atom. The second-order valence-corrected chi connectivity index (χ2v) is 6.35. The molecule has 2 aromatic carbocycles. The molecule has 1 aliphatic rings. The van der Waals surface area contributed by atoms with Crippen LogP contribution in [0.1, 0.15) is 12.0 Å². The van der Waals surface area contributed by atoms with E-state index in [1.807, 2.05) is 24.3 Å². The maximum absolute atomic E-state index is 12.8. The summed E-state index contributed by atoms with van der Waals surface area (Å²) >= 11 is 0. The Hall–Kier alpha value is -2.67. The predicted octanol–water partition coefficient (Wildman–Crippen LogP) is 4.09. The molecule has 0 spiro atoms. The van der Waals surface area contributed by atoms with E-state index < -0.39 is 11.7 Å².